The highest BCUT2D eigenvalue weighted by atomic mass is 16.5. The second-order valence-electron chi connectivity index (χ2n) is 6.20. The molecule has 0 unspecified atom stereocenters. The molecular weight excluding hydrogens is 246 g/mol. The predicted molar refractivity (Wildman–Crippen MR) is 84.3 cm³/mol. The molecule has 0 heterocycles. The van der Waals surface area contributed by atoms with Gasteiger partial charge in [0.15, 0.2) is 0 Å². The molecule has 0 radical (unpaired) electrons. The van der Waals surface area contributed by atoms with Crippen LogP contribution in [0.5, 0.6) is 11.5 Å². The van der Waals surface area contributed by atoms with Crippen molar-refractivity contribution in [3.8, 4) is 11.5 Å². The van der Waals surface area contributed by atoms with E-state index in [0.717, 1.165) is 17.1 Å². The van der Waals surface area contributed by atoms with Gasteiger partial charge in [0.05, 0.1) is 0 Å². The van der Waals surface area contributed by atoms with E-state index in [2.05, 4.69) is 39.8 Å². The minimum absolute atomic E-state index is 0.0484. The van der Waals surface area contributed by atoms with Crippen molar-refractivity contribution in [2.75, 3.05) is 0 Å². The Labute approximate surface area is 121 Å². The average Bonchev–Trinajstić information content (AvgIpc) is 2.40. The molecule has 0 atom stereocenters. The van der Waals surface area contributed by atoms with Crippen LogP contribution in [0.1, 0.15) is 37.5 Å². The number of aryl methyl sites for hydroxylation is 1. The Kier molecular flexibility index (Phi) is 4.15. The first-order chi connectivity index (χ1) is 9.40. The van der Waals surface area contributed by atoms with E-state index in [1.807, 2.05) is 30.3 Å². The fraction of sp³-hybridized carbons (Fsp3) is 0.333. The Bertz CT molecular complexity index is 597. The fourth-order valence-electron chi connectivity index (χ4n) is 2.18. The standard InChI is InChI=1S/C18H23NO/c1-13-8-9-17(16(10-13)18(2,3)4)20-15-7-5-6-14(11-15)12-19/h5-11H,12,19H2,1-4H3. The van der Waals surface area contributed by atoms with Gasteiger partial charge in [0.2, 0.25) is 0 Å². The topological polar surface area (TPSA) is 35.2 Å². The van der Waals surface area contributed by atoms with Crippen LogP contribution >= 0.6 is 0 Å². The van der Waals surface area contributed by atoms with Gasteiger partial charge >= 0.3 is 0 Å². The molecule has 0 saturated heterocycles. The number of hydrogen-bond donors (Lipinski definition) is 1. The zero-order chi connectivity index (χ0) is 14.8. The summed E-state index contributed by atoms with van der Waals surface area (Å²) >= 11 is 0. The SMILES string of the molecule is Cc1ccc(Oc2cccc(CN)c2)c(C(C)(C)C)c1. The van der Waals surface area contributed by atoms with Crippen LogP contribution in [0.3, 0.4) is 0 Å². The molecule has 0 bridgehead atoms. The third-order valence-electron chi connectivity index (χ3n) is 3.31. The molecule has 0 amide bonds. The summed E-state index contributed by atoms with van der Waals surface area (Å²) < 4.78 is 6.08. The molecule has 0 aliphatic carbocycles. The summed E-state index contributed by atoms with van der Waals surface area (Å²) in [6.45, 7) is 9.23. The number of benzene rings is 2. The third-order valence-corrected chi connectivity index (χ3v) is 3.31. The number of ether oxygens (including phenoxy) is 1. The molecule has 0 aromatic heterocycles. The smallest absolute Gasteiger partial charge is 0.131 e. The molecule has 0 spiro atoms. The number of rotatable bonds is 3. The highest BCUT2D eigenvalue weighted by Crippen LogP contribution is 2.35. The van der Waals surface area contributed by atoms with Crippen LogP contribution in [-0.4, -0.2) is 0 Å². The molecule has 2 aromatic carbocycles. The summed E-state index contributed by atoms with van der Waals surface area (Å²) in [5.41, 5.74) is 9.27. The van der Waals surface area contributed by atoms with Gasteiger partial charge in [-0.25, -0.2) is 0 Å². The van der Waals surface area contributed by atoms with E-state index in [-0.39, 0.29) is 5.41 Å². The lowest BCUT2D eigenvalue weighted by Gasteiger charge is -2.23. The Morgan fingerprint density at radius 1 is 1.05 bits per heavy atom. The van der Waals surface area contributed by atoms with Crippen molar-refractivity contribution in [1.29, 1.82) is 0 Å². The number of hydrogen-bond acceptors (Lipinski definition) is 2. The molecule has 106 valence electrons. The Morgan fingerprint density at radius 3 is 2.45 bits per heavy atom. The molecule has 2 nitrogen and oxygen atoms in total. The van der Waals surface area contributed by atoms with Crippen LogP contribution < -0.4 is 10.5 Å². The predicted octanol–water partition coefficient (Wildman–Crippen LogP) is 4.54. The molecule has 2 N–H and O–H groups in total. The van der Waals surface area contributed by atoms with Gasteiger partial charge in [-0.2, -0.15) is 0 Å². The van der Waals surface area contributed by atoms with Crippen LogP contribution in [0, 0.1) is 6.92 Å². The first kappa shape index (κ1) is 14.6. The second-order valence-corrected chi connectivity index (χ2v) is 6.20. The summed E-state index contributed by atoms with van der Waals surface area (Å²) in [5, 5.41) is 0. The van der Waals surface area contributed by atoms with Crippen molar-refractivity contribution in [2.24, 2.45) is 5.73 Å². The van der Waals surface area contributed by atoms with Crippen molar-refractivity contribution < 1.29 is 4.74 Å². The van der Waals surface area contributed by atoms with Gasteiger partial charge in [-0.3, -0.25) is 0 Å². The van der Waals surface area contributed by atoms with Crippen LogP contribution in [0.2, 0.25) is 0 Å². The van der Waals surface area contributed by atoms with E-state index >= 15 is 0 Å². The van der Waals surface area contributed by atoms with Crippen molar-refractivity contribution in [2.45, 2.75) is 39.7 Å². The van der Waals surface area contributed by atoms with Gasteiger partial charge in [-0.15, -0.1) is 0 Å². The van der Waals surface area contributed by atoms with Gasteiger partial charge in [-0.1, -0.05) is 50.6 Å². The Morgan fingerprint density at radius 2 is 1.80 bits per heavy atom. The van der Waals surface area contributed by atoms with Crippen molar-refractivity contribution in [3.63, 3.8) is 0 Å². The Balaban J connectivity index is 2.38. The highest BCUT2D eigenvalue weighted by molar-refractivity contribution is 5.44. The van der Waals surface area contributed by atoms with E-state index in [4.69, 9.17) is 10.5 Å². The average molecular weight is 269 g/mol. The summed E-state index contributed by atoms with van der Waals surface area (Å²) in [5.74, 6) is 1.75. The second kappa shape index (κ2) is 5.68. The lowest BCUT2D eigenvalue weighted by molar-refractivity contribution is 0.454. The summed E-state index contributed by atoms with van der Waals surface area (Å²) in [4.78, 5) is 0. The van der Waals surface area contributed by atoms with Gasteiger partial charge in [0, 0.05) is 12.1 Å². The molecule has 0 aliphatic heterocycles. The maximum Gasteiger partial charge on any atom is 0.131 e. The number of nitrogens with two attached hydrogens (primary N) is 1. The maximum atomic E-state index is 6.08. The summed E-state index contributed by atoms with van der Waals surface area (Å²) in [7, 11) is 0. The highest BCUT2D eigenvalue weighted by Gasteiger charge is 2.19. The summed E-state index contributed by atoms with van der Waals surface area (Å²) in [6, 6.07) is 14.3. The zero-order valence-corrected chi connectivity index (χ0v) is 12.7. The van der Waals surface area contributed by atoms with Crippen LogP contribution in [0.4, 0.5) is 0 Å². The van der Waals surface area contributed by atoms with E-state index < -0.39 is 0 Å². The molecule has 0 saturated carbocycles. The molecule has 2 aromatic rings. The largest absolute Gasteiger partial charge is 0.457 e. The minimum atomic E-state index is 0.0484. The first-order valence-electron chi connectivity index (χ1n) is 6.98. The molecule has 20 heavy (non-hydrogen) atoms. The third kappa shape index (κ3) is 3.40. The zero-order valence-electron chi connectivity index (χ0n) is 12.7. The molecule has 0 aliphatic rings. The lowest BCUT2D eigenvalue weighted by atomic mass is 9.85. The van der Waals surface area contributed by atoms with Gasteiger partial charge < -0.3 is 10.5 Å². The quantitative estimate of drug-likeness (QED) is 0.887. The van der Waals surface area contributed by atoms with Crippen LogP contribution in [0.25, 0.3) is 0 Å². The van der Waals surface area contributed by atoms with Crippen molar-refractivity contribution in [3.05, 3.63) is 59.2 Å². The molecule has 2 heteroatoms. The summed E-state index contributed by atoms with van der Waals surface area (Å²) in [6.07, 6.45) is 0. The lowest BCUT2D eigenvalue weighted by Crippen LogP contribution is -2.12. The van der Waals surface area contributed by atoms with E-state index in [1.165, 1.54) is 11.1 Å². The molecular formula is C18H23NO. The molecule has 0 fully saturated rings. The van der Waals surface area contributed by atoms with Gasteiger partial charge in [0.25, 0.3) is 0 Å². The van der Waals surface area contributed by atoms with E-state index in [1.54, 1.807) is 0 Å². The Hall–Kier alpha value is -1.80. The fourth-order valence-corrected chi connectivity index (χ4v) is 2.18. The van der Waals surface area contributed by atoms with Gasteiger partial charge in [-0.05, 0) is 36.1 Å². The normalized spacial score (nSPS) is 11.4. The first-order valence-corrected chi connectivity index (χ1v) is 6.98. The van der Waals surface area contributed by atoms with Crippen molar-refractivity contribution in [1.82, 2.24) is 0 Å². The maximum absolute atomic E-state index is 6.08. The van der Waals surface area contributed by atoms with Crippen molar-refractivity contribution >= 4 is 0 Å². The van der Waals surface area contributed by atoms with Crippen LogP contribution in [0.15, 0.2) is 42.5 Å². The van der Waals surface area contributed by atoms with Gasteiger partial charge in [0.1, 0.15) is 11.5 Å². The molecule has 2 rings (SSSR count). The monoisotopic (exact) mass is 269 g/mol. The van der Waals surface area contributed by atoms with Crippen LogP contribution in [-0.2, 0) is 12.0 Å². The van der Waals surface area contributed by atoms with E-state index in [9.17, 15) is 0 Å². The minimum Gasteiger partial charge on any atom is -0.457 e. The van der Waals surface area contributed by atoms with E-state index in [0.29, 0.717) is 6.54 Å².